The normalized spacial score (nSPS) is 10.8. The molecule has 0 saturated carbocycles. The van der Waals surface area contributed by atoms with Gasteiger partial charge in [-0.1, -0.05) is 30.1 Å². The van der Waals surface area contributed by atoms with Gasteiger partial charge in [0.1, 0.15) is 17.9 Å². The van der Waals surface area contributed by atoms with Crippen LogP contribution >= 0.6 is 23.2 Å². The van der Waals surface area contributed by atoms with E-state index < -0.39 is 0 Å². The Kier molecular flexibility index (Phi) is 6.89. The SMILES string of the molecule is CCCNc1ncnc2c1cnn2CCNC(=O)COc1ccc(Cl)cc1Cl. The van der Waals surface area contributed by atoms with Crippen LogP contribution in [0.1, 0.15) is 13.3 Å². The first-order valence-corrected chi connectivity index (χ1v) is 9.59. The Bertz CT molecular complexity index is 962. The molecule has 0 aliphatic rings. The maximum atomic E-state index is 12.0. The van der Waals surface area contributed by atoms with Crippen LogP contribution in [0.4, 0.5) is 5.82 Å². The van der Waals surface area contributed by atoms with E-state index in [1.165, 1.54) is 6.33 Å². The number of carbonyl (C=O) groups excluding carboxylic acids is 1. The van der Waals surface area contributed by atoms with Crippen molar-refractivity contribution < 1.29 is 9.53 Å². The van der Waals surface area contributed by atoms with Gasteiger partial charge in [0, 0.05) is 18.1 Å². The summed E-state index contributed by atoms with van der Waals surface area (Å²) in [5.74, 6) is 0.904. The predicted molar refractivity (Wildman–Crippen MR) is 109 cm³/mol. The highest BCUT2D eigenvalue weighted by atomic mass is 35.5. The molecule has 0 saturated heterocycles. The van der Waals surface area contributed by atoms with Gasteiger partial charge < -0.3 is 15.4 Å². The lowest BCUT2D eigenvalue weighted by Gasteiger charge is -2.09. The van der Waals surface area contributed by atoms with Crippen molar-refractivity contribution in [3.05, 3.63) is 40.8 Å². The van der Waals surface area contributed by atoms with Gasteiger partial charge in [-0.25, -0.2) is 14.6 Å². The number of anilines is 1. The van der Waals surface area contributed by atoms with Crippen LogP contribution in [0.15, 0.2) is 30.7 Å². The summed E-state index contributed by atoms with van der Waals surface area (Å²) in [6.07, 6.45) is 4.22. The fraction of sp³-hybridized carbons (Fsp3) is 0.333. The zero-order valence-corrected chi connectivity index (χ0v) is 16.8. The second kappa shape index (κ2) is 9.57. The van der Waals surface area contributed by atoms with Crippen LogP contribution < -0.4 is 15.4 Å². The molecule has 0 radical (unpaired) electrons. The summed E-state index contributed by atoms with van der Waals surface area (Å²) < 4.78 is 7.14. The minimum atomic E-state index is -0.262. The lowest BCUT2D eigenvalue weighted by atomic mass is 10.3. The van der Waals surface area contributed by atoms with Crippen LogP contribution in [-0.2, 0) is 11.3 Å². The molecule has 2 aromatic heterocycles. The fourth-order valence-electron chi connectivity index (χ4n) is 2.53. The average molecular weight is 423 g/mol. The van der Waals surface area contributed by atoms with Gasteiger partial charge in [-0.15, -0.1) is 0 Å². The molecule has 0 aliphatic carbocycles. The van der Waals surface area contributed by atoms with Gasteiger partial charge >= 0.3 is 0 Å². The standard InChI is InChI=1S/C18H20Cl2N6O2/c1-2-5-22-17-13-9-25-26(18(13)24-11-23-17)7-6-21-16(27)10-28-15-4-3-12(19)8-14(15)20/h3-4,8-9,11H,2,5-7,10H2,1H3,(H,21,27)(H,22,23,24). The topological polar surface area (TPSA) is 94.0 Å². The third kappa shape index (κ3) is 5.02. The molecular formula is C18H20Cl2N6O2. The number of hydrogen-bond donors (Lipinski definition) is 2. The molecule has 0 spiro atoms. The van der Waals surface area contributed by atoms with Crippen molar-refractivity contribution in [1.29, 1.82) is 0 Å². The summed E-state index contributed by atoms with van der Waals surface area (Å²) in [6, 6.07) is 4.83. The number of benzene rings is 1. The summed E-state index contributed by atoms with van der Waals surface area (Å²) in [5.41, 5.74) is 0.715. The van der Waals surface area contributed by atoms with Crippen LogP contribution in [0.2, 0.25) is 10.0 Å². The highest BCUT2D eigenvalue weighted by Crippen LogP contribution is 2.27. The quantitative estimate of drug-likeness (QED) is 0.549. The number of nitrogens with one attached hydrogen (secondary N) is 2. The summed E-state index contributed by atoms with van der Waals surface area (Å²) in [6.45, 7) is 3.62. The molecule has 1 aromatic carbocycles. The number of aromatic nitrogens is 4. The second-order valence-corrected chi connectivity index (χ2v) is 6.81. The molecule has 0 unspecified atom stereocenters. The van der Waals surface area contributed by atoms with Crippen LogP contribution in [-0.4, -0.2) is 45.4 Å². The second-order valence-electron chi connectivity index (χ2n) is 5.97. The molecule has 0 aliphatic heterocycles. The first-order chi connectivity index (χ1) is 13.6. The summed E-state index contributed by atoms with van der Waals surface area (Å²) in [7, 11) is 0. The van der Waals surface area contributed by atoms with Crippen LogP contribution in [0, 0.1) is 0 Å². The van der Waals surface area contributed by atoms with E-state index in [0.29, 0.717) is 34.5 Å². The number of rotatable bonds is 9. The zero-order chi connectivity index (χ0) is 19.9. The van der Waals surface area contributed by atoms with Crippen molar-refractivity contribution in [3.63, 3.8) is 0 Å². The number of nitrogens with zero attached hydrogens (tertiary/aromatic N) is 4. The van der Waals surface area contributed by atoms with E-state index in [2.05, 4.69) is 32.6 Å². The van der Waals surface area contributed by atoms with Gasteiger partial charge in [-0.05, 0) is 24.6 Å². The van der Waals surface area contributed by atoms with E-state index >= 15 is 0 Å². The summed E-state index contributed by atoms with van der Waals surface area (Å²) in [4.78, 5) is 20.5. The molecular weight excluding hydrogens is 403 g/mol. The lowest BCUT2D eigenvalue weighted by Crippen LogP contribution is -2.31. The Hall–Kier alpha value is -2.58. The Labute approximate surface area is 172 Å². The Morgan fingerprint density at radius 1 is 1.25 bits per heavy atom. The molecule has 1 amide bonds. The van der Waals surface area contributed by atoms with Crippen molar-refractivity contribution in [3.8, 4) is 5.75 Å². The lowest BCUT2D eigenvalue weighted by molar-refractivity contribution is -0.123. The monoisotopic (exact) mass is 422 g/mol. The molecule has 3 aromatic rings. The number of hydrogen-bond acceptors (Lipinski definition) is 6. The van der Waals surface area contributed by atoms with Crippen LogP contribution in [0.5, 0.6) is 5.75 Å². The van der Waals surface area contributed by atoms with E-state index in [1.807, 2.05) is 0 Å². The summed E-state index contributed by atoms with van der Waals surface area (Å²) >= 11 is 11.8. The molecule has 148 valence electrons. The summed E-state index contributed by atoms with van der Waals surface area (Å²) in [5, 5.41) is 12.1. The molecule has 0 bridgehead atoms. The van der Waals surface area contributed by atoms with Crippen molar-refractivity contribution in [2.24, 2.45) is 0 Å². The first kappa shape index (κ1) is 20.2. The average Bonchev–Trinajstić information content (AvgIpc) is 3.09. The first-order valence-electron chi connectivity index (χ1n) is 8.83. The van der Waals surface area contributed by atoms with E-state index in [4.69, 9.17) is 27.9 Å². The van der Waals surface area contributed by atoms with Crippen molar-refractivity contribution >= 4 is 46.0 Å². The van der Waals surface area contributed by atoms with Crippen molar-refractivity contribution in [2.75, 3.05) is 25.0 Å². The van der Waals surface area contributed by atoms with Gasteiger partial charge in [0.2, 0.25) is 0 Å². The Morgan fingerprint density at radius 2 is 2.11 bits per heavy atom. The minimum Gasteiger partial charge on any atom is -0.482 e. The highest BCUT2D eigenvalue weighted by Gasteiger charge is 2.10. The van der Waals surface area contributed by atoms with Crippen molar-refractivity contribution in [2.45, 2.75) is 19.9 Å². The van der Waals surface area contributed by atoms with Crippen LogP contribution in [0.25, 0.3) is 11.0 Å². The number of carbonyl (C=O) groups is 1. The molecule has 3 rings (SSSR count). The van der Waals surface area contributed by atoms with E-state index in [0.717, 1.165) is 24.2 Å². The number of ether oxygens (including phenoxy) is 1. The molecule has 0 atom stereocenters. The molecule has 2 N–H and O–H groups in total. The largest absolute Gasteiger partial charge is 0.482 e. The number of fused-ring (bicyclic) bond motifs is 1. The molecule has 28 heavy (non-hydrogen) atoms. The zero-order valence-electron chi connectivity index (χ0n) is 15.3. The maximum Gasteiger partial charge on any atom is 0.258 e. The fourth-order valence-corrected chi connectivity index (χ4v) is 2.99. The Balaban J connectivity index is 1.51. The molecule has 0 fully saturated rings. The van der Waals surface area contributed by atoms with Gasteiger partial charge in [0.05, 0.1) is 23.2 Å². The maximum absolute atomic E-state index is 12.0. The van der Waals surface area contributed by atoms with Gasteiger partial charge in [0.15, 0.2) is 12.3 Å². The predicted octanol–water partition coefficient (Wildman–Crippen LogP) is 3.15. The van der Waals surface area contributed by atoms with Gasteiger partial charge in [-0.3, -0.25) is 4.79 Å². The molecule has 8 nitrogen and oxygen atoms in total. The molecule has 10 heteroatoms. The number of amides is 1. The van der Waals surface area contributed by atoms with Gasteiger partial charge in [-0.2, -0.15) is 5.10 Å². The van der Waals surface area contributed by atoms with E-state index in [-0.39, 0.29) is 12.5 Å². The molecule has 2 heterocycles. The number of halogens is 2. The van der Waals surface area contributed by atoms with Crippen molar-refractivity contribution in [1.82, 2.24) is 25.1 Å². The minimum absolute atomic E-state index is 0.144. The Morgan fingerprint density at radius 3 is 2.89 bits per heavy atom. The third-order valence-electron chi connectivity index (χ3n) is 3.87. The van der Waals surface area contributed by atoms with E-state index in [9.17, 15) is 4.79 Å². The van der Waals surface area contributed by atoms with E-state index in [1.54, 1.807) is 29.1 Å². The van der Waals surface area contributed by atoms with Crippen LogP contribution in [0.3, 0.4) is 0 Å². The highest BCUT2D eigenvalue weighted by molar-refractivity contribution is 6.35. The third-order valence-corrected chi connectivity index (χ3v) is 4.40. The van der Waals surface area contributed by atoms with Gasteiger partial charge in [0.25, 0.3) is 5.91 Å². The smallest absolute Gasteiger partial charge is 0.258 e.